The molecular weight excluding hydrogens is 1790 g/mol. The minimum atomic E-state index is 0.655. The molecule has 32 aromatic rings. The summed E-state index contributed by atoms with van der Waals surface area (Å²) in [7, 11) is 0. The third-order valence-corrected chi connectivity index (χ3v) is 30.3. The predicted molar refractivity (Wildman–Crippen MR) is 611 cm³/mol. The van der Waals surface area contributed by atoms with Gasteiger partial charge in [-0.1, -0.05) is 419 Å². The Morgan fingerprint density at radius 1 is 0.156 bits per heavy atom. The third kappa shape index (κ3) is 13.6. The summed E-state index contributed by atoms with van der Waals surface area (Å²) in [6.07, 6.45) is 3.85. The minimum Gasteiger partial charge on any atom is -0.455 e. The fraction of sp³-hybridized carbons (Fsp3) is 0. The van der Waals surface area contributed by atoms with E-state index in [9.17, 15) is 0 Å². The van der Waals surface area contributed by atoms with Crippen molar-refractivity contribution in [2.75, 3.05) is 0 Å². The van der Waals surface area contributed by atoms with Crippen molar-refractivity contribution >= 4 is 195 Å². The second-order valence-corrected chi connectivity index (χ2v) is 38.4. The van der Waals surface area contributed by atoms with Crippen molar-refractivity contribution in [2.45, 2.75) is 0 Å². The Morgan fingerprint density at radius 2 is 0.476 bits per heavy atom. The lowest BCUT2D eigenvalue weighted by molar-refractivity contribution is 0.669. The Balaban J connectivity index is 0.000000102. The lowest BCUT2D eigenvalue weighted by Crippen LogP contribution is -2.00. The standard InChI is InChI=1S/C49H29N3O.C46H26N2O.C43H25NO/c1-3-10-34(11-4-1)47-50-48(35-12-5-2-6-13-35)52-49(51-47)42-29-25-33-23-27-39-36(26-22-32-24-28-40(42)45(33)44(32)39)30-18-20-31(21-19-30)37-15-9-16-41-38-14-7-8-17-43(38)53-46(37)41;1-2-9-41-36(6-1)39-8-3-7-34(46(39)49-41)28-12-10-27(11-13-28)33-21-16-29-19-24-38-35(22-17-30-18-23-37(33)42(29)43(30)38)40-25-20-32-15-14-31-5-4-26-47-44(31)45(32)48-40;1-3-13-39-30(7-1)24-31(25-44-39)33-20-16-27-17-21-36-32(19-15-26-18-22-37(33)42(27)41(26)36)28-8-5-9-29(23-28)34-11-6-12-38-35-10-2-4-14-40(35)45-43(34)38/h1-29H;1-26H;1-25H. The summed E-state index contributed by atoms with van der Waals surface area (Å²) in [5.74, 6) is 1.97. The molecule has 9 heteroatoms. The summed E-state index contributed by atoms with van der Waals surface area (Å²) >= 11 is 0. The molecule has 32 rings (SSSR count). The molecule has 9 nitrogen and oxygen atoms in total. The maximum Gasteiger partial charge on any atom is 0.164 e. The van der Waals surface area contributed by atoms with E-state index in [1.54, 1.807) is 0 Å². The number of aromatic nitrogens is 6. The summed E-state index contributed by atoms with van der Waals surface area (Å²) in [6, 6.07) is 168. The van der Waals surface area contributed by atoms with Gasteiger partial charge >= 0.3 is 0 Å². The topological polar surface area (TPSA) is 117 Å². The molecule has 147 heavy (non-hydrogen) atoms. The van der Waals surface area contributed by atoms with Crippen LogP contribution in [0.25, 0.3) is 319 Å². The first-order chi connectivity index (χ1) is 72.8. The van der Waals surface area contributed by atoms with E-state index < -0.39 is 0 Å². The largest absolute Gasteiger partial charge is 0.455 e. The van der Waals surface area contributed by atoms with Gasteiger partial charge in [0.2, 0.25) is 0 Å². The van der Waals surface area contributed by atoms with Crippen molar-refractivity contribution in [3.8, 4) is 123 Å². The molecule has 0 spiro atoms. The summed E-state index contributed by atoms with van der Waals surface area (Å²) in [5.41, 5.74) is 29.7. The van der Waals surface area contributed by atoms with Crippen molar-refractivity contribution in [1.29, 1.82) is 0 Å². The Kier molecular flexibility index (Phi) is 18.9. The van der Waals surface area contributed by atoms with Crippen molar-refractivity contribution in [3.05, 3.63) is 486 Å². The second-order valence-electron chi connectivity index (χ2n) is 38.4. The van der Waals surface area contributed by atoms with E-state index in [4.69, 9.17) is 38.2 Å². The van der Waals surface area contributed by atoms with E-state index >= 15 is 0 Å². The van der Waals surface area contributed by atoms with Gasteiger partial charge in [0.15, 0.2) is 17.5 Å². The monoisotopic (exact) mass is 1870 g/mol. The first-order valence-corrected chi connectivity index (χ1v) is 49.9. The first-order valence-electron chi connectivity index (χ1n) is 49.9. The van der Waals surface area contributed by atoms with E-state index in [1.165, 1.54) is 131 Å². The lowest BCUT2D eigenvalue weighted by Gasteiger charge is -2.17. The molecule has 0 N–H and O–H groups in total. The maximum atomic E-state index is 6.40. The summed E-state index contributed by atoms with van der Waals surface area (Å²) in [6.45, 7) is 0. The molecule has 0 aliphatic carbocycles. The number of hydrogen-bond acceptors (Lipinski definition) is 9. The van der Waals surface area contributed by atoms with Crippen LogP contribution in [0.2, 0.25) is 0 Å². The van der Waals surface area contributed by atoms with Gasteiger partial charge < -0.3 is 13.3 Å². The molecule has 0 amide bonds. The quantitative estimate of drug-likeness (QED) is 0.117. The zero-order valence-corrected chi connectivity index (χ0v) is 79.1. The van der Waals surface area contributed by atoms with Crippen molar-refractivity contribution in [2.24, 2.45) is 0 Å². The SMILES string of the molecule is c1cc(-c2ccc3ccc4c(-c5cnc6ccccc6c5)ccc5ccc2c3c54)cc(-c2cccc3c2oc2ccccc23)c1.c1ccc(-c2nc(-c3ccccc3)nc(-c3ccc4ccc5c(-c6ccc(-c7cccc8c7oc7ccccc78)cc6)ccc6ccc3c4c65)n2)cc1.c1cnc2c(c1)ccc1ccc(-c3ccc4ccc5c(-c6ccc(-c7cccc8c7oc7ccccc78)cc6)ccc6ccc3c4c65)nc12. The van der Waals surface area contributed by atoms with Crippen LogP contribution in [0, 0.1) is 0 Å². The number of furan rings is 3. The third-order valence-electron chi connectivity index (χ3n) is 30.3. The number of benzene rings is 25. The molecule has 0 atom stereocenters. The molecule has 0 fully saturated rings. The highest BCUT2D eigenvalue weighted by Gasteiger charge is 2.26. The zero-order chi connectivity index (χ0) is 96.4. The van der Waals surface area contributed by atoms with Gasteiger partial charge in [0.25, 0.3) is 0 Å². The van der Waals surface area contributed by atoms with E-state index in [0.29, 0.717) is 17.5 Å². The Labute approximate surface area is 841 Å². The van der Waals surface area contributed by atoms with Gasteiger partial charge in [0.1, 0.15) is 33.5 Å². The normalized spacial score (nSPS) is 11.9. The lowest BCUT2D eigenvalue weighted by atomic mass is 9.87. The number of hydrogen-bond donors (Lipinski definition) is 0. The van der Waals surface area contributed by atoms with E-state index in [-0.39, 0.29) is 0 Å². The smallest absolute Gasteiger partial charge is 0.164 e. The molecule has 0 bridgehead atoms. The van der Waals surface area contributed by atoms with Crippen LogP contribution in [0.15, 0.2) is 499 Å². The van der Waals surface area contributed by atoms with Gasteiger partial charge in [-0.05, 0) is 207 Å². The van der Waals surface area contributed by atoms with E-state index in [1.807, 2.05) is 122 Å². The summed E-state index contributed by atoms with van der Waals surface area (Å²) in [5, 5.41) is 32.6. The molecule has 0 saturated heterocycles. The average Bonchev–Trinajstić information content (AvgIpc) is 0.867. The Bertz CT molecular complexity index is 10900. The predicted octanol–water partition coefficient (Wildman–Crippen LogP) is 37.6. The van der Waals surface area contributed by atoms with Crippen LogP contribution in [0.1, 0.15) is 0 Å². The molecule has 0 aliphatic rings. The highest BCUT2D eigenvalue weighted by Crippen LogP contribution is 2.50. The fourth-order valence-electron chi connectivity index (χ4n) is 23.3. The molecule has 0 radical (unpaired) electrons. The Hall–Kier alpha value is -19.7. The van der Waals surface area contributed by atoms with Crippen LogP contribution in [0.3, 0.4) is 0 Å². The van der Waals surface area contributed by atoms with E-state index in [2.05, 4.69) is 369 Å². The molecule has 0 unspecified atom stereocenters. The van der Waals surface area contributed by atoms with Crippen LogP contribution < -0.4 is 0 Å². The van der Waals surface area contributed by atoms with Gasteiger partial charge in [0.05, 0.1) is 22.2 Å². The van der Waals surface area contributed by atoms with Crippen LogP contribution >= 0.6 is 0 Å². The first kappa shape index (κ1) is 83.1. The summed E-state index contributed by atoms with van der Waals surface area (Å²) in [4.78, 5) is 29.8. The second kappa shape index (κ2) is 33.5. The molecule has 680 valence electrons. The van der Waals surface area contributed by atoms with Crippen LogP contribution in [0.5, 0.6) is 0 Å². The minimum absolute atomic E-state index is 0.655. The van der Waals surface area contributed by atoms with Crippen LogP contribution in [-0.4, -0.2) is 29.9 Å². The number of nitrogens with zero attached hydrogens (tertiary/aromatic N) is 6. The number of rotatable bonds is 11. The fourth-order valence-corrected chi connectivity index (χ4v) is 23.3. The number of pyridine rings is 3. The highest BCUT2D eigenvalue weighted by atomic mass is 16.3. The number of fused-ring (bicyclic) bond motifs is 13. The van der Waals surface area contributed by atoms with Crippen molar-refractivity contribution < 1.29 is 13.3 Å². The average molecular weight is 1870 g/mol. The van der Waals surface area contributed by atoms with Crippen molar-refractivity contribution in [1.82, 2.24) is 29.9 Å². The highest BCUT2D eigenvalue weighted by molar-refractivity contribution is 6.31. The molecule has 0 aliphatic heterocycles. The molecule has 0 saturated carbocycles. The van der Waals surface area contributed by atoms with Gasteiger partial charge in [0, 0.05) is 105 Å². The van der Waals surface area contributed by atoms with E-state index in [0.717, 1.165) is 171 Å². The zero-order valence-electron chi connectivity index (χ0n) is 79.1. The van der Waals surface area contributed by atoms with Gasteiger partial charge in [-0.15, -0.1) is 0 Å². The van der Waals surface area contributed by atoms with Gasteiger partial charge in [-0.2, -0.15) is 0 Å². The molecule has 25 aromatic carbocycles. The van der Waals surface area contributed by atoms with Crippen molar-refractivity contribution in [3.63, 3.8) is 0 Å². The maximum absolute atomic E-state index is 6.40. The summed E-state index contributed by atoms with van der Waals surface area (Å²) < 4.78 is 19.1. The van der Waals surface area contributed by atoms with Gasteiger partial charge in [-0.3, -0.25) is 9.97 Å². The molecule has 7 heterocycles. The van der Waals surface area contributed by atoms with Crippen LogP contribution in [0.4, 0.5) is 0 Å². The molecule has 7 aromatic heterocycles. The number of para-hydroxylation sites is 7. The van der Waals surface area contributed by atoms with Crippen LogP contribution in [-0.2, 0) is 0 Å². The Morgan fingerprint density at radius 3 is 0.946 bits per heavy atom. The van der Waals surface area contributed by atoms with Gasteiger partial charge in [-0.25, -0.2) is 19.9 Å². The molecular formula is C138H80N6O3.